The lowest BCUT2D eigenvalue weighted by Gasteiger charge is -2.55. The highest BCUT2D eigenvalue weighted by molar-refractivity contribution is 8.01. The van der Waals surface area contributed by atoms with Crippen molar-refractivity contribution < 1.29 is 9.59 Å². The lowest BCUT2D eigenvalue weighted by Crippen LogP contribution is -2.51. The Morgan fingerprint density at radius 2 is 1.78 bits per heavy atom. The van der Waals surface area contributed by atoms with Gasteiger partial charge in [0.25, 0.3) is 0 Å². The minimum absolute atomic E-state index is 0.0505. The topological polar surface area (TPSA) is 71.1 Å². The molecule has 0 spiro atoms. The van der Waals surface area contributed by atoms with E-state index in [4.69, 9.17) is 4.98 Å². The largest absolute Gasteiger partial charge is 0.352 e. The van der Waals surface area contributed by atoms with Gasteiger partial charge in [0.2, 0.25) is 11.8 Å². The van der Waals surface area contributed by atoms with Crippen molar-refractivity contribution in [3.63, 3.8) is 0 Å². The number of hydrogen-bond acceptors (Lipinski definition) is 5. The fourth-order valence-electron chi connectivity index (χ4n) is 6.23. The minimum atomic E-state index is -0.204. The van der Waals surface area contributed by atoms with Gasteiger partial charge in [-0.2, -0.15) is 0 Å². The summed E-state index contributed by atoms with van der Waals surface area (Å²) in [4.78, 5) is 30.4. The fraction of sp³-hybridized carbons (Fsp3) is 0.480. The number of carbonyl (C=O) groups is 2. The normalized spacial score (nSPS) is 27.8. The standard InChI is InChI=1S/C25H29N3O2S2/c1-2-8-26-20(29)15-31-24-27-21(19-6-4-3-5-7-19)22(32-24)28-23(30)25-12-16-9-17(13-25)11-18(10-16)14-25/h2-7,16-18H,1,8-15H2,(H,26,29)(H,28,30). The van der Waals surface area contributed by atoms with Crippen molar-refractivity contribution in [2.75, 3.05) is 17.6 Å². The van der Waals surface area contributed by atoms with Gasteiger partial charge in [0.1, 0.15) is 10.7 Å². The molecule has 1 aromatic carbocycles. The molecule has 32 heavy (non-hydrogen) atoms. The summed E-state index contributed by atoms with van der Waals surface area (Å²) < 4.78 is 0.790. The number of rotatable bonds is 8. The molecule has 4 bridgehead atoms. The molecule has 1 aromatic heterocycles. The second-order valence-corrected chi connectivity index (χ2v) is 11.8. The molecule has 0 radical (unpaired) electrons. The lowest BCUT2D eigenvalue weighted by atomic mass is 9.49. The zero-order valence-electron chi connectivity index (χ0n) is 18.1. The van der Waals surface area contributed by atoms with Crippen molar-refractivity contribution in [2.45, 2.75) is 42.9 Å². The molecule has 6 rings (SSSR count). The Kier molecular flexibility index (Phi) is 6.12. The Bertz CT molecular complexity index is 982. The number of benzene rings is 1. The molecule has 4 aliphatic carbocycles. The van der Waals surface area contributed by atoms with Crippen molar-refractivity contribution in [2.24, 2.45) is 23.2 Å². The third-order valence-corrected chi connectivity index (χ3v) is 9.29. The molecule has 0 aliphatic heterocycles. The molecule has 1 heterocycles. The van der Waals surface area contributed by atoms with Gasteiger partial charge in [-0.25, -0.2) is 4.98 Å². The Morgan fingerprint density at radius 3 is 2.41 bits per heavy atom. The van der Waals surface area contributed by atoms with Crippen LogP contribution in [0.5, 0.6) is 0 Å². The molecular formula is C25H29N3O2S2. The Hall–Kier alpha value is -2.12. The van der Waals surface area contributed by atoms with Crippen molar-refractivity contribution in [1.82, 2.24) is 10.3 Å². The van der Waals surface area contributed by atoms with Gasteiger partial charge in [-0.05, 0) is 56.3 Å². The summed E-state index contributed by atoms with van der Waals surface area (Å²) in [6.07, 6.45) is 8.73. The maximum absolute atomic E-state index is 13.6. The van der Waals surface area contributed by atoms with Crippen LogP contribution in [0.4, 0.5) is 5.00 Å². The number of thioether (sulfide) groups is 1. The molecular weight excluding hydrogens is 438 g/mol. The van der Waals surface area contributed by atoms with E-state index in [1.807, 2.05) is 30.3 Å². The summed E-state index contributed by atoms with van der Waals surface area (Å²) in [6.45, 7) is 4.08. The van der Waals surface area contributed by atoms with E-state index in [1.54, 1.807) is 6.08 Å². The number of amides is 2. The maximum atomic E-state index is 13.6. The number of anilines is 1. The zero-order valence-corrected chi connectivity index (χ0v) is 19.8. The predicted molar refractivity (Wildman–Crippen MR) is 131 cm³/mol. The van der Waals surface area contributed by atoms with E-state index in [2.05, 4.69) is 17.2 Å². The maximum Gasteiger partial charge on any atom is 0.231 e. The van der Waals surface area contributed by atoms with Crippen LogP contribution in [0.15, 0.2) is 47.3 Å². The molecule has 4 fully saturated rings. The van der Waals surface area contributed by atoms with Gasteiger partial charge in [-0.15, -0.1) is 6.58 Å². The van der Waals surface area contributed by atoms with Gasteiger partial charge in [-0.3, -0.25) is 9.59 Å². The molecule has 168 valence electrons. The Labute approximate surface area is 197 Å². The smallest absolute Gasteiger partial charge is 0.231 e. The van der Waals surface area contributed by atoms with Crippen LogP contribution in [-0.4, -0.2) is 29.1 Å². The summed E-state index contributed by atoms with van der Waals surface area (Å²) in [7, 11) is 0. The van der Waals surface area contributed by atoms with Crippen LogP contribution in [0.1, 0.15) is 38.5 Å². The Balaban J connectivity index is 1.36. The molecule has 0 unspecified atom stereocenters. The lowest BCUT2D eigenvalue weighted by molar-refractivity contribution is -0.140. The molecule has 0 atom stereocenters. The van der Waals surface area contributed by atoms with Gasteiger partial charge < -0.3 is 10.6 Å². The number of carbonyl (C=O) groups excluding carboxylic acids is 2. The summed E-state index contributed by atoms with van der Waals surface area (Å²) in [6, 6.07) is 9.97. The van der Waals surface area contributed by atoms with Crippen molar-refractivity contribution in [3.8, 4) is 11.3 Å². The molecule has 4 saturated carbocycles. The van der Waals surface area contributed by atoms with Gasteiger partial charge in [0, 0.05) is 12.1 Å². The fourth-order valence-corrected chi connectivity index (χ4v) is 8.12. The molecule has 2 N–H and O–H groups in total. The van der Waals surface area contributed by atoms with E-state index in [0.717, 1.165) is 57.6 Å². The van der Waals surface area contributed by atoms with Gasteiger partial charge >= 0.3 is 0 Å². The van der Waals surface area contributed by atoms with Gasteiger partial charge in [0.15, 0.2) is 4.34 Å². The van der Waals surface area contributed by atoms with E-state index in [0.29, 0.717) is 6.54 Å². The molecule has 5 nitrogen and oxygen atoms in total. The van der Waals surface area contributed by atoms with Crippen molar-refractivity contribution in [3.05, 3.63) is 43.0 Å². The predicted octanol–water partition coefficient (Wildman–Crippen LogP) is 5.36. The van der Waals surface area contributed by atoms with Crippen LogP contribution in [0.2, 0.25) is 0 Å². The van der Waals surface area contributed by atoms with E-state index in [-0.39, 0.29) is 23.0 Å². The third kappa shape index (κ3) is 4.37. The van der Waals surface area contributed by atoms with Gasteiger partial charge in [0.05, 0.1) is 11.2 Å². The van der Waals surface area contributed by atoms with Crippen LogP contribution in [0, 0.1) is 23.2 Å². The molecule has 7 heteroatoms. The Morgan fingerprint density at radius 1 is 1.12 bits per heavy atom. The number of nitrogens with one attached hydrogen (secondary N) is 2. The minimum Gasteiger partial charge on any atom is -0.352 e. The van der Waals surface area contributed by atoms with Crippen molar-refractivity contribution in [1.29, 1.82) is 0 Å². The van der Waals surface area contributed by atoms with Crippen LogP contribution in [0.25, 0.3) is 11.3 Å². The average Bonchev–Trinajstić information content (AvgIpc) is 3.18. The molecule has 2 amide bonds. The first-order valence-electron chi connectivity index (χ1n) is 11.4. The second kappa shape index (κ2) is 9.02. The van der Waals surface area contributed by atoms with Crippen LogP contribution in [-0.2, 0) is 9.59 Å². The first-order chi connectivity index (χ1) is 15.5. The van der Waals surface area contributed by atoms with E-state index in [9.17, 15) is 9.59 Å². The summed E-state index contributed by atoms with van der Waals surface area (Å²) in [5.41, 5.74) is 1.57. The van der Waals surface area contributed by atoms with Crippen LogP contribution >= 0.6 is 23.1 Å². The average molecular weight is 468 g/mol. The van der Waals surface area contributed by atoms with E-state index < -0.39 is 0 Å². The highest BCUT2D eigenvalue weighted by atomic mass is 32.2. The molecule has 0 saturated heterocycles. The number of nitrogens with zero attached hydrogens (tertiary/aromatic N) is 1. The molecule has 2 aromatic rings. The number of aromatic nitrogens is 1. The monoisotopic (exact) mass is 467 g/mol. The molecule has 4 aliphatic rings. The highest BCUT2D eigenvalue weighted by Crippen LogP contribution is 2.60. The second-order valence-electron chi connectivity index (χ2n) is 9.56. The zero-order chi connectivity index (χ0) is 22.1. The van der Waals surface area contributed by atoms with Crippen molar-refractivity contribution >= 4 is 39.9 Å². The van der Waals surface area contributed by atoms with Gasteiger partial charge in [-0.1, -0.05) is 59.5 Å². The summed E-state index contributed by atoms with van der Waals surface area (Å²) in [5.74, 6) is 2.59. The third-order valence-electron chi connectivity index (χ3n) is 7.17. The summed E-state index contributed by atoms with van der Waals surface area (Å²) >= 11 is 2.88. The highest BCUT2D eigenvalue weighted by Gasteiger charge is 2.54. The van der Waals surface area contributed by atoms with Crippen LogP contribution in [0.3, 0.4) is 0 Å². The first-order valence-corrected chi connectivity index (χ1v) is 13.2. The van der Waals surface area contributed by atoms with E-state index in [1.165, 1.54) is 42.4 Å². The summed E-state index contributed by atoms with van der Waals surface area (Å²) in [5, 5.41) is 6.89. The first kappa shape index (κ1) is 21.7. The quantitative estimate of drug-likeness (QED) is 0.405. The number of hydrogen-bond donors (Lipinski definition) is 2. The van der Waals surface area contributed by atoms with E-state index >= 15 is 0 Å². The number of thiazole rings is 1. The SMILES string of the molecule is C=CCNC(=O)CSc1nc(-c2ccccc2)c(NC(=O)C23CC4CC(CC(C4)C2)C3)s1. The van der Waals surface area contributed by atoms with Crippen LogP contribution < -0.4 is 10.6 Å².